The van der Waals surface area contributed by atoms with E-state index in [1.807, 2.05) is 0 Å². The zero-order valence-corrected chi connectivity index (χ0v) is 13.7. The molecule has 1 aromatic carbocycles. The van der Waals surface area contributed by atoms with Crippen LogP contribution in [0.15, 0.2) is 22.7 Å². The Hall–Kier alpha value is -2.00. The lowest BCUT2D eigenvalue weighted by Gasteiger charge is -2.11. The van der Waals surface area contributed by atoms with E-state index in [0.717, 1.165) is 18.9 Å². The van der Waals surface area contributed by atoms with Crippen LogP contribution in [0.1, 0.15) is 23.2 Å². The Morgan fingerprint density at radius 1 is 1.48 bits per heavy atom. The van der Waals surface area contributed by atoms with Gasteiger partial charge in [-0.25, -0.2) is 4.79 Å². The molecule has 9 heteroatoms. The molecular formula is C14H15BrN2O6. The summed E-state index contributed by atoms with van der Waals surface area (Å²) in [5.41, 5.74) is -0.242. The molecule has 1 saturated heterocycles. The van der Waals surface area contributed by atoms with Gasteiger partial charge in [-0.1, -0.05) is 0 Å². The monoisotopic (exact) mass is 386 g/mol. The summed E-state index contributed by atoms with van der Waals surface area (Å²) in [6.07, 6.45) is 1.87. The molecule has 0 spiro atoms. The molecule has 124 valence electrons. The zero-order valence-electron chi connectivity index (χ0n) is 12.1. The van der Waals surface area contributed by atoms with Crippen molar-refractivity contribution in [1.29, 1.82) is 0 Å². The van der Waals surface area contributed by atoms with Gasteiger partial charge < -0.3 is 14.8 Å². The Morgan fingerprint density at radius 2 is 2.26 bits per heavy atom. The van der Waals surface area contributed by atoms with Gasteiger partial charge in [-0.2, -0.15) is 0 Å². The Bertz CT molecular complexity index is 615. The van der Waals surface area contributed by atoms with Gasteiger partial charge in [0.15, 0.2) is 6.61 Å². The molecule has 1 aromatic rings. The van der Waals surface area contributed by atoms with Crippen molar-refractivity contribution in [1.82, 2.24) is 5.32 Å². The van der Waals surface area contributed by atoms with Crippen molar-refractivity contribution in [3.05, 3.63) is 38.3 Å². The molecule has 1 aliphatic rings. The molecular weight excluding hydrogens is 372 g/mol. The molecule has 8 nitrogen and oxygen atoms in total. The summed E-state index contributed by atoms with van der Waals surface area (Å²) in [4.78, 5) is 33.6. The van der Waals surface area contributed by atoms with Crippen molar-refractivity contribution in [3.8, 4) is 0 Å². The topological polar surface area (TPSA) is 108 Å². The summed E-state index contributed by atoms with van der Waals surface area (Å²) in [6, 6.07) is 3.85. The van der Waals surface area contributed by atoms with E-state index in [1.54, 1.807) is 0 Å². The van der Waals surface area contributed by atoms with Gasteiger partial charge in [0, 0.05) is 19.2 Å². The summed E-state index contributed by atoms with van der Waals surface area (Å²) in [6.45, 7) is 0.618. The lowest BCUT2D eigenvalue weighted by molar-refractivity contribution is -0.385. The van der Waals surface area contributed by atoms with Crippen LogP contribution in [0.3, 0.4) is 0 Å². The normalized spacial score (nSPS) is 16.8. The van der Waals surface area contributed by atoms with Gasteiger partial charge in [-0.15, -0.1) is 0 Å². The highest BCUT2D eigenvalue weighted by molar-refractivity contribution is 9.10. The molecule has 0 unspecified atom stereocenters. The number of carbonyl (C=O) groups excluding carboxylic acids is 2. The summed E-state index contributed by atoms with van der Waals surface area (Å²) in [5, 5.41) is 13.4. The first kappa shape index (κ1) is 17.4. The number of rotatable bonds is 6. The Morgan fingerprint density at radius 3 is 2.91 bits per heavy atom. The third-order valence-corrected chi connectivity index (χ3v) is 3.93. The van der Waals surface area contributed by atoms with Gasteiger partial charge in [-0.3, -0.25) is 14.9 Å². The minimum Gasteiger partial charge on any atom is -0.452 e. The van der Waals surface area contributed by atoms with E-state index in [4.69, 9.17) is 9.47 Å². The van der Waals surface area contributed by atoms with Crippen molar-refractivity contribution in [3.63, 3.8) is 0 Å². The molecule has 0 radical (unpaired) electrons. The number of nitrogens with zero attached hydrogens (tertiary/aromatic N) is 1. The highest BCUT2D eigenvalue weighted by atomic mass is 79.9. The van der Waals surface area contributed by atoms with Crippen molar-refractivity contribution < 1.29 is 24.0 Å². The molecule has 0 saturated carbocycles. The van der Waals surface area contributed by atoms with Gasteiger partial charge in [0.2, 0.25) is 0 Å². The second kappa shape index (κ2) is 8.02. The van der Waals surface area contributed by atoms with Gasteiger partial charge in [0.05, 0.1) is 21.1 Å². The lowest BCUT2D eigenvalue weighted by Crippen LogP contribution is -2.34. The number of benzene rings is 1. The number of halogens is 1. The number of nitro benzene ring substituents is 1. The fourth-order valence-electron chi connectivity index (χ4n) is 2.08. The minimum atomic E-state index is -0.798. The molecule has 1 atom stereocenters. The third-order valence-electron chi connectivity index (χ3n) is 3.26. The first-order valence-corrected chi connectivity index (χ1v) is 7.76. The summed E-state index contributed by atoms with van der Waals surface area (Å²) < 4.78 is 10.5. The zero-order chi connectivity index (χ0) is 16.8. The second-order valence-corrected chi connectivity index (χ2v) is 5.79. The van der Waals surface area contributed by atoms with Crippen LogP contribution in [0.5, 0.6) is 0 Å². The second-order valence-electron chi connectivity index (χ2n) is 4.94. The molecule has 1 fully saturated rings. The van der Waals surface area contributed by atoms with Crippen molar-refractivity contribution in [2.24, 2.45) is 0 Å². The van der Waals surface area contributed by atoms with Crippen molar-refractivity contribution in [2.75, 3.05) is 19.8 Å². The highest BCUT2D eigenvalue weighted by Gasteiger charge is 2.19. The van der Waals surface area contributed by atoms with E-state index in [0.29, 0.717) is 13.2 Å². The lowest BCUT2D eigenvalue weighted by atomic mass is 10.2. The molecule has 1 heterocycles. The van der Waals surface area contributed by atoms with Crippen LogP contribution >= 0.6 is 15.9 Å². The predicted molar refractivity (Wildman–Crippen MR) is 83.1 cm³/mol. The van der Waals surface area contributed by atoms with E-state index in [1.165, 1.54) is 12.1 Å². The van der Waals surface area contributed by atoms with Crippen molar-refractivity contribution >= 4 is 33.5 Å². The van der Waals surface area contributed by atoms with Crippen LogP contribution in [-0.4, -0.2) is 42.7 Å². The molecule has 0 aliphatic carbocycles. The Labute approximate surface area is 140 Å². The average molecular weight is 387 g/mol. The number of esters is 1. The van der Waals surface area contributed by atoms with Gasteiger partial charge in [0.1, 0.15) is 0 Å². The quantitative estimate of drug-likeness (QED) is 0.453. The minimum absolute atomic E-state index is 0.00350. The van der Waals surface area contributed by atoms with E-state index < -0.39 is 23.4 Å². The maximum atomic E-state index is 11.8. The molecule has 23 heavy (non-hydrogen) atoms. The molecule has 0 aromatic heterocycles. The van der Waals surface area contributed by atoms with E-state index in [2.05, 4.69) is 21.2 Å². The maximum absolute atomic E-state index is 11.8. The van der Waals surface area contributed by atoms with Crippen LogP contribution in [-0.2, 0) is 14.3 Å². The van der Waals surface area contributed by atoms with Crippen LogP contribution in [0.25, 0.3) is 0 Å². The number of nitro groups is 1. The van der Waals surface area contributed by atoms with Crippen LogP contribution in [0.4, 0.5) is 5.69 Å². The summed E-state index contributed by atoms with van der Waals surface area (Å²) >= 11 is 3.03. The van der Waals surface area contributed by atoms with E-state index in [-0.39, 0.29) is 21.8 Å². The predicted octanol–water partition coefficient (Wildman–Crippen LogP) is 1.81. The van der Waals surface area contributed by atoms with Gasteiger partial charge in [-0.05, 0) is 40.9 Å². The average Bonchev–Trinajstić information content (AvgIpc) is 3.04. The number of hydrogen-bond donors (Lipinski definition) is 1. The van der Waals surface area contributed by atoms with E-state index >= 15 is 0 Å². The highest BCUT2D eigenvalue weighted by Crippen LogP contribution is 2.25. The number of nitrogens with one attached hydrogen (secondary N) is 1. The van der Waals surface area contributed by atoms with Crippen molar-refractivity contribution in [2.45, 2.75) is 18.9 Å². The fourth-order valence-corrected chi connectivity index (χ4v) is 2.47. The molecule has 1 aliphatic heterocycles. The molecule has 1 N–H and O–H groups in total. The van der Waals surface area contributed by atoms with Crippen LogP contribution in [0.2, 0.25) is 0 Å². The first-order chi connectivity index (χ1) is 11.0. The first-order valence-electron chi connectivity index (χ1n) is 6.96. The van der Waals surface area contributed by atoms with Gasteiger partial charge in [0.25, 0.3) is 11.6 Å². The van der Waals surface area contributed by atoms with Crippen LogP contribution < -0.4 is 5.32 Å². The summed E-state index contributed by atoms with van der Waals surface area (Å²) in [5.74, 6) is -1.24. The molecule has 0 bridgehead atoms. The number of amides is 1. The summed E-state index contributed by atoms with van der Waals surface area (Å²) in [7, 11) is 0. The number of carbonyl (C=O) groups is 2. The van der Waals surface area contributed by atoms with Crippen LogP contribution in [0, 0.1) is 10.1 Å². The maximum Gasteiger partial charge on any atom is 0.338 e. The SMILES string of the molecule is O=C(COC(=O)c1ccc(Br)c([N+](=O)[O-])c1)NC[C@H]1CCCO1. The molecule has 2 rings (SSSR count). The van der Waals surface area contributed by atoms with Gasteiger partial charge >= 0.3 is 5.97 Å². The number of ether oxygens (including phenoxy) is 2. The number of hydrogen-bond acceptors (Lipinski definition) is 6. The van der Waals surface area contributed by atoms with E-state index in [9.17, 15) is 19.7 Å². The Kier molecular flexibility index (Phi) is 6.05. The Balaban J connectivity index is 1.83. The fraction of sp³-hybridized carbons (Fsp3) is 0.429. The standard InChI is InChI=1S/C14H15BrN2O6/c15-11-4-3-9(6-12(11)17(20)21)14(19)23-8-13(18)16-7-10-2-1-5-22-10/h3-4,6,10H,1-2,5,7-8H2,(H,16,18)/t10-/m1/s1. The molecule has 1 amide bonds. The smallest absolute Gasteiger partial charge is 0.338 e. The third kappa shape index (κ3) is 5.00. The largest absolute Gasteiger partial charge is 0.452 e.